The van der Waals surface area contributed by atoms with Crippen molar-refractivity contribution in [1.82, 2.24) is 9.97 Å². The van der Waals surface area contributed by atoms with Gasteiger partial charge in [-0.05, 0) is 36.6 Å². The monoisotopic (exact) mass is 257 g/mol. The molecule has 1 aliphatic rings. The molecular weight excluding hydrogens is 242 g/mol. The minimum absolute atomic E-state index is 0.211. The van der Waals surface area contributed by atoms with E-state index in [9.17, 15) is 0 Å². The van der Waals surface area contributed by atoms with Crippen LogP contribution in [0.15, 0.2) is 24.3 Å². The van der Waals surface area contributed by atoms with Crippen LogP contribution >= 0.6 is 0 Å². The molecule has 1 aromatic heterocycles. The largest absolute Gasteiger partial charge is 0.493 e. The maximum atomic E-state index is 5.68. The van der Waals surface area contributed by atoms with E-state index in [0.717, 1.165) is 36.5 Å². The van der Waals surface area contributed by atoms with Gasteiger partial charge < -0.3 is 15.2 Å². The van der Waals surface area contributed by atoms with Crippen LogP contribution in [0, 0.1) is 0 Å². The molecule has 5 nitrogen and oxygen atoms in total. The maximum Gasteiger partial charge on any atom is 0.223 e. The molecule has 0 unspecified atom stereocenters. The highest BCUT2D eigenvalue weighted by atomic mass is 16.5. The van der Waals surface area contributed by atoms with E-state index in [2.05, 4.69) is 16.0 Å². The van der Waals surface area contributed by atoms with Gasteiger partial charge in [-0.3, -0.25) is 0 Å². The highest BCUT2D eigenvalue weighted by Gasteiger charge is 2.12. The Morgan fingerprint density at radius 1 is 1.26 bits per heavy atom. The maximum absolute atomic E-state index is 5.68. The highest BCUT2D eigenvalue weighted by molar-refractivity contribution is 5.64. The summed E-state index contributed by atoms with van der Waals surface area (Å²) in [6.45, 7) is 0.792. The highest BCUT2D eigenvalue weighted by Crippen LogP contribution is 2.30. The van der Waals surface area contributed by atoms with Crippen molar-refractivity contribution in [2.24, 2.45) is 0 Å². The second-order valence-electron chi connectivity index (χ2n) is 4.43. The molecule has 0 bridgehead atoms. The van der Waals surface area contributed by atoms with Crippen molar-refractivity contribution in [3.8, 4) is 22.9 Å². The molecule has 0 amide bonds. The van der Waals surface area contributed by atoms with E-state index in [1.807, 2.05) is 12.1 Å². The number of rotatable bonds is 2. The summed E-state index contributed by atoms with van der Waals surface area (Å²) in [6.07, 6.45) is 2.08. The molecule has 3 rings (SSSR count). The van der Waals surface area contributed by atoms with Crippen molar-refractivity contribution in [2.45, 2.75) is 12.8 Å². The first-order valence-electron chi connectivity index (χ1n) is 6.21. The molecule has 0 saturated carbocycles. The Balaban J connectivity index is 2.04. The van der Waals surface area contributed by atoms with Crippen LogP contribution in [0.5, 0.6) is 11.6 Å². The fourth-order valence-electron chi connectivity index (χ4n) is 2.21. The number of nitrogens with two attached hydrogens (primary N) is 1. The van der Waals surface area contributed by atoms with E-state index in [-0.39, 0.29) is 5.95 Å². The van der Waals surface area contributed by atoms with Crippen LogP contribution in [0.25, 0.3) is 11.3 Å². The van der Waals surface area contributed by atoms with Crippen molar-refractivity contribution >= 4 is 5.95 Å². The fourth-order valence-corrected chi connectivity index (χ4v) is 2.21. The van der Waals surface area contributed by atoms with Crippen LogP contribution in [0.4, 0.5) is 5.95 Å². The van der Waals surface area contributed by atoms with Crippen molar-refractivity contribution in [1.29, 1.82) is 0 Å². The standard InChI is InChI=1S/C14H15N3O2/c1-18-13-8-11(16-14(15)17-13)9-4-5-12-10(7-9)3-2-6-19-12/h4-5,7-8H,2-3,6H2,1H3,(H2,15,16,17). The lowest BCUT2D eigenvalue weighted by molar-refractivity contribution is 0.288. The number of nitrogens with zero attached hydrogens (tertiary/aromatic N) is 2. The van der Waals surface area contributed by atoms with Crippen LogP contribution in [0.3, 0.4) is 0 Å². The predicted molar refractivity (Wildman–Crippen MR) is 72.2 cm³/mol. The zero-order valence-electron chi connectivity index (χ0n) is 10.7. The predicted octanol–water partition coefficient (Wildman–Crippen LogP) is 2.06. The molecule has 2 heterocycles. The molecule has 0 aliphatic carbocycles. The van der Waals surface area contributed by atoms with Gasteiger partial charge in [0.15, 0.2) is 0 Å². The molecule has 0 atom stereocenters. The number of fused-ring (bicyclic) bond motifs is 1. The topological polar surface area (TPSA) is 70.3 Å². The molecule has 1 aromatic carbocycles. The smallest absolute Gasteiger partial charge is 0.223 e. The number of aryl methyl sites for hydroxylation is 1. The SMILES string of the molecule is COc1cc(-c2ccc3c(c2)CCCO3)nc(N)n1. The number of hydrogen-bond acceptors (Lipinski definition) is 5. The summed E-state index contributed by atoms with van der Waals surface area (Å²) in [5.41, 5.74) is 8.65. The molecule has 0 spiro atoms. The van der Waals surface area contributed by atoms with Crippen LogP contribution in [0.1, 0.15) is 12.0 Å². The van der Waals surface area contributed by atoms with Gasteiger partial charge in [-0.1, -0.05) is 0 Å². The van der Waals surface area contributed by atoms with E-state index in [1.165, 1.54) is 5.56 Å². The van der Waals surface area contributed by atoms with Gasteiger partial charge in [0.25, 0.3) is 0 Å². The fraction of sp³-hybridized carbons (Fsp3) is 0.286. The molecule has 2 N–H and O–H groups in total. The average Bonchev–Trinajstić information content (AvgIpc) is 2.46. The molecule has 2 aromatic rings. The van der Waals surface area contributed by atoms with Gasteiger partial charge in [0.1, 0.15) is 5.75 Å². The van der Waals surface area contributed by atoms with Gasteiger partial charge in [-0.2, -0.15) is 4.98 Å². The Kier molecular flexibility index (Phi) is 2.95. The van der Waals surface area contributed by atoms with Gasteiger partial charge in [-0.15, -0.1) is 0 Å². The summed E-state index contributed by atoms with van der Waals surface area (Å²) >= 11 is 0. The number of benzene rings is 1. The molecule has 1 aliphatic heterocycles. The normalized spacial score (nSPS) is 13.5. The number of methoxy groups -OCH3 is 1. The van der Waals surface area contributed by atoms with Crippen molar-refractivity contribution < 1.29 is 9.47 Å². The lowest BCUT2D eigenvalue weighted by Gasteiger charge is -2.17. The molecular formula is C14H15N3O2. The Hall–Kier alpha value is -2.30. The van der Waals surface area contributed by atoms with E-state index >= 15 is 0 Å². The minimum Gasteiger partial charge on any atom is -0.493 e. The van der Waals surface area contributed by atoms with E-state index in [4.69, 9.17) is 15.2 Å². The van der Waals surface area contributed by atoms with E-state index in [0.29, 0.717) is 5.88 Å². The quantitative estimate of drug-likeness (QED) is 0.891. The number of anilines is 1. The van der Waals surface area contributed by atoms with Crippen LogP contribution in [0.2, 0.25) is 0 Å². The molecule has 0 fully saturated rings. The number of aromatic nitrogens is 2. The zero-order valence-corrected chi connectivity index (χ0v) is 10.7. The van der Waals surface area contributed by atoms with E-state index < -0.39 is 0 Å². The molecule has 0 radical (unpaired) electrons. The van der Waals surface area contributed by atoms with Gasteiger partial charge in [0.2, 0.25) is 11.8 Å². The summed E-state index contributed by atoms with van der Waals surface area (Å²) in [7, 11) is 1.56. The first-order valence-corrected chi connectivity index (χ1v) is 6.21. The second kappa shape index (κ2) is 4.76. The second-order valence-corrected chi connectivity index (χ2v) is 4.43. The first kappa shape index (κ1) is 11.8. The Morgan fingerprint density at radius 3 is 3.00 bits per heavy atom. The Bertz CT molecular complexity index is 614. The Morgan fingerprint density at radius 2 is 2.16 bits per heavy atom. The van der Waals surface area contributed by atoms with Crippen molar-refractivity contribution in [3.63, 3.8) is 0 Å². The summed E-state index contributed by atoms with van der Waals surface area (Å²) in [5.74, 6) is 1.64. The summed E-state index contributed by atoms with van der Waals surface area (Å²) < 4.78 is 10.7. The zero-order chi connectivity index (χ0) is 13.2. The lowest BCUT2D eigenvalue weighted by Crippen LogP contribution is -2.08. The number of hydrogen-bond donors (Lipinski definition) is 1. The Labute approximate surface area is 111 Å². The van der Waals surface area contributed by atoms with Gasteiger partial charge >= 0.3 is 0 Å². The van der Waals surface area contributed by atoms with Crippen LogP contribution in [-0.2, 0) is 6.42 Å². The third-order valence-corrected chi connectivity index (χ3v) is 3.13. The van der Waals surface area contributed by atoms with Crippen molar-refractivity contribution in [3.05, 3.63) is 29.8 Å². The first-order chi connectivity index (χ1) is 9.26. The van der Waals surface area contributed by atoms with E-state index in [1.54, 1.807) is 13.2 Å². The molecule has 0 saturated heterocycles. The third-order valence-electron chi connectivity index (χ3n) is 3.13. The number of nitrogen functional groups attached to an aromatic ring is 1. The summed E-state index contributed by atoms with van der Waals surface area (Å²) in [6, 6.07) is 7.83. The van der Waals surface area contributed by atoms with Crippen LogP contribution < -0.4 is 15.2 Å². The van der Waals surface area contributed by atoms with Gasteiger partial charge in [-0.25, -0.2) is 4.98 Å². The van der Waals surface area contributed by atoms with Gasteiger partial charge in [0, 0.05) is 11.6 Å². The molecule has 98 valence electrons. The minimum atomic E-state index is 0.211. The molecule has 19 heavy (non-hydrogen) atoms. The van der Waals surface area contributed by atoms with Crippen LogP contribution in [-0.4, -0.2) is 23.7 Å². The van der Waals surface area contributed by atoms with Gasteiger partial charge in [0.05, 0.1) is 19.4 Å². The summed E-state index contributed by atoms with van der Waals surface area (Å²) in [4.78, 5) is 8.23. The van der Waals surface area contributed by atoms with Crippen molar-refractivity contribution in [2.75, 3.05) is 19.5 Å². The lowest BCUT2D eigenvalue weighted by atomic mass is 10.0. The molecule has 5 heteroatoms. The average molecular weight is 257 g/mol. The summed E-state index contributed by atoms with van der Waals surface area (Å²) in [5, 5.41) is 0. The number of ether oxygens (including phenoxy) is 2. The third kappa shape index (κ3) is 2.31.